The van der Waals surface area contributed by atoms with E-state index in [4.69, 9.17) is 28.9 Å². The molecule has 0 unspecified atom stereocenters. The lowest BCUT2D eigenvalue weighted by Gasteiger charge is -2.22. The molecule has 0 spiro atoms. The number of hydrogen-bond acceptors (Lipinski definition) is 10. The third kappa shape index (κ3) is 15.7. The summed E-state index contributed by atoms with van der Waals surface area (Å²) in [5, 5.41) is 23.4. The van der Waals surface area contributed by atoms with E-state index in [0.29, 0.717) is 139 Å². The van der Waals surface area contributed by atoms with E-state index in [1.807, 2.05) is 85.0 Å². The SMILES string of the molecule is CC(C)(C)CCOc1cccc(OCCC(C)(C)C)c1-c1c2nc(c(C#Cc3ccc([N+](=O)[O-])cc3)c3ccc([nH]3)c(-c3c(OCCC(C)(C)C)cccc3OCCC(C)(C)C)c3nc(c(C#Cc4ccc([N+](=O)[O-])cc4)c4ccc1[nH]4)C=C3)C=C2. The summed E-state index contributed by atoms with van der Waals surface area (Å²) in [5.41, 5.74) is 9.84. The molecule has 442 valence electrons. The van der Waals surface area contributed by atoms with Crippen LogP contribution in [0.4, 0.5) is 11.4 Å². The van der Waals surface area contributed by atoms with Crippen LogP contribution in [0, 0.1) is 65.6 Å². The molecule has 4 aromatic carbocycles. The van der Waals surface area contributed by atoms with Crippen LogP contribution in [-0.2, 0) is 0 Å². The van der Waals surface area contributed by atoms with E-state index in [0.717, 1.165) is 25.7 Å². The van der Waals surface area contributed by atoms with Crippen molar-refractivity contribution < 1.29 is 28.8 Å². The first-order chi connectivity index (χ1) is 40.8. The molecule has 0 amide bonds. The predicted molar refractivity (Wildman–Crippen MR) is 346 cm³/mol. The number of aromatic nitrogens is 4. The first-order valence-corrected chi connectivity index (χ1v) is 29.2. The minimum Gasteiger partial charge on any atom is -0.493 e. The molecule has 0 aliphatic carbocycles. The number of nitro groups is 2. The number of fused-ring (bicyclic) bond motifs is 8. The largest absolute Gasteiger partial charge is 0.493 e. The molecule has 3 aromatic heterocycles. The summed E-state index contributed by atoms with van der Waals surface area (Å²) in [4.78, 5) is 41.1. The molecule has 7 aromatic rings. The zero-order chi connectivity index (χ0) is 61.6. The molecule has 5 heterocycles. The summed E-state index contributed by atoms with van der Waals surface area (Å²) in [6.45, 7) is 28.0. The van der Waals surface area contributed by atoms with Gasteiger partial charge >= 0.3 is 0 Å². The van der Waals surface area contributed by atoms with Crippen molar-refractivity contribution in [2.24, 2.45) is 21.7 Å². The Morgan fingerprint density at radius 1 is 0.384 bits per heavy atom. The van der Waals surface area contributed by atoms with E-state index in [-0.39, 0.29) is 33.0 Å². The maximum Gasteiger partial charge on any atom is 0.269 e. The molecule has 0 saturated carbocycles. The molecule has 14 nitrogen and oxygen atoms in total. The number of aromatic amines is 2. The van der Waals surface area contributed by atoms with Crippen LogP contribution in [0.5, 0.6) is 23.0 Å². The number of benzene rings is 4. The Hall–Kier alpha value is -9.40. The van der Waals surface area contributed by atoms with Gasteiger partial charge in [-0.25, -0.2) is 9.97 Å². The molecule has 2 aliphatic heterocycles. The first kappa shape index (κ1) is 61.2. The van der Waals surface area contributed by atoms with E-state index in [2.05, 4.69) is 117 Å². The van der Waals surface area contributed by atoms with Gasteiger partial charge in [-0.2, -0.15) is 0 Å². The van der Waals surface area contributed by atoms with E-state index in [9.17, 15) is 20.2 Å². The van der Waals surface area contributed by atoms with Crippen LogP contribution in [0.3, 0.4) is 0 Å². The Morgan fingerprint density at radius 2 is 0.674 bits per heavy atom. The van der Waals surface area contributed by atoms with Gasteiger partial charge in [0.2, 0.25) is 0 Å². The van der Waals surface area contributed by atoms with Crippen molar-refractivity contribution in [3.8, 4) is 68.9 Å². The normalized spacial score (nSPS) is 12.2. The molecule has 0 fully saturated rings. The van der Waals surface area contributed by atoms with Gasteiger partial charge in [0.15, 0.2) is 0 Å². The van der Waals surface area contributed by atoms with Crippen molar-refractivity contribution in [2.45, 2.75) is 109 Å². The predicted octanol–water partition coefficient (Wildman–Crippen LogP) is 17.9. The highest BCUT2D eigenvalue weighted by molar-refractivity contribution is 5.99. The average molecular weight is 1150 g/mol. The Bertz CT molecular complexity index is 3720. The second-order valence-corrected chi connectivity index (χ2v) is 26.5. The lowest BCUT2D eigenvalue weighted by atomic mass is 9.93. The van der Waals surface area contributed by atoms with Crippen LogP contribution in [0.2, 0.25) is 0 Å². The van der Waals surface area contributed by atoms with Crippen molar-refractivity contribution in [3.05, 3.63) is 174 Å². The van der Waals surface area contributed by atoms with E-state index < -0.39 is 9.85 Å². The third-order valence-electron chi connectivity index (χ3n) is 14.5. The summed E-state index contributed by atoms with van der Waals surface area (Å²) in [6, 6.07) is 32.1. The number of ether oxygens (including phenoxy) is 4. The van der Waals surface area contributed by atoms with Gasteiger partial charge in [-0.1, -0.05) is 119 Å². The van der Waals surface area contributed by atoms with Crippen molar-refractivity contribution in [2.75, 3.05) is 26.4 Å². The van der Waals surface area contributed by atoms with Crippen LogP contribution < -0.4 is 18.9 Å². The minimum absolute atomic E-state index is 0.00757. The zero-order valence-electron chi connectivity index (χ0n) is 51.4. The second-order valence-electron chi connectivity index (χ2n) is 26.5. The fourth-order valence-electron chi connectivity index (χ4n) is 9.46. The number of hydrogen-bond donors (Lipinski definition) is 2. The fourth-order valence-corrected chi connectivity index (χ4v) is 9.46. The summed E-state index contributed by atoms with van der Waals surface area (Å²) < 4.78 is 27.2. The van der Waals surface area contributed by atoms with Gasteiger partial charge in [0.1, 0.15) is 23.0 Å². The number of nitro benzene ring substituents is 2. The molecule has 8 bridgehead atoms. The highest BCUT2D eigenvalue weighted by Gasteiger charge is 2.26. The Labute approximate surface area is 504 Å². The Kier molecular flexibility index (Phi) is 18.1. The van der Waals surface area contributed by atoms with Gasteiger partial charge < -0.3 is 28.9 Å². The first-order valence-electron chi connectivity index (χ1n) is 29.2. The van der Waals surface area contributed by atoms with Crippen molar-refractivity contribution in [3.63, 3.8) is 0 Å². The van der Waals surface area contributed by atoms with E-state index in [1.165, 1.54) is 24.3 Å². The smallest absolute Gasteiger partial charge is 0.269 e. The number of nitrogens with one attached hydrogen (secondary N) is 2. The number of rotatable bonds is 16. The Morgan fingerprint density at radius 3 is 0.965 bits per heavy atom. The monoisotopic (exact) mass is 1150 g/mol. The average Bonchev–Trinajstić information content (AvgIpc) is 1.76. The molecule has 2 aliphatic rings. The van der Waals surface area contributed by atoms with Crippen molar-refractivity contribution in [1.29, 1.82) is 0 Å². The van der Waals surface area contributed by atoms with Crippen LogP contribution in [0.15, 0.2) is 109 Å². The highest BCUT2D eigenvalue weighted by atomic mass is 16.6. The molecule has 0 atom stereocenters. The quantitative estimate of drug-likeness (QED) is 0.0537. The third-order valence-corrected chi connectivity index (χ3v) is 14.5. The Balaban J connectivity index is 1.42. The lowest BCUT2D eigenvalue weighted by molar-refractivity contribution is -0.385. The molecular formula is C72H76N6O8. The maximum absolute atomic E-state index is 11.7. The topological polar surface area (TPSA) is 181 Å². The van der Waals surface area contributed by atoms with Gasteiger partial charge in [0.05, 0.1) is 92.3 Å². The van der Waals surface area contributed by atoms with Gasteiger partial charge in [0.25, 0.3) is 11.4 Å². The molecule has 14 heteroatoms. The van der Waals surface area contributed by atoms with Crippen LogP contribution >= 0.6 is 0 Å². The molecule has 0 radical (unpaired) electrons. The van der Waals surface area contributed by atoms with Gasteiger partial charge in [-0.15, -0.1) is 0 Å². The highest BCUT2D eigenvalue weighted by Crippen LogP contribution is 2.46. The molecule has 2 N–H and O–H groups in total. The molecular weight excluding hydrogens is 1080 g/mol. The van der Waals surface area contributed by atoms with Crippen molar-refractivity contribution >= 4 is 57.7 Å². The zero-order valence-corrected chi connectivity index (χ0v) is 51.4. The molecule has 0 saturated heterocycles. The van der Waals surface area contributed by atoms with Crippen molar-refractivity contribution in [1.82, 2.24) is 19.9 Å². The summed E-state index contributed by atoms with van der Waals surface area (Å²) in [6.07, 6.45) is 11.0. The van der Waals surface area contributed by atoms with Gasteiger partial charge in [-0.05, 0) is 144 Å². The fraction of sp³-hybridized carbons (Fsp3) is 0.333. The number of non-ortho nitro benzene ring substituents is 2. The summed E-state index contributed by atoms with van der Waals surface area (Å²) in [5.74, 6) is 16.0. The summed E-state index contributed by atoms with van der Waals surface area (Å²) in [7, 11) is 0. The lowest BCUT2D eigenvalue weighted by Crippen LogP contribution is -2.13. The second kappa shape index (κ2) is 25.4. The molecule has 9 rings (SSSR count). The van der Waals surface area contributed by atoms with Gasteiger partial charge in [-0.3, -0.25) is 20.2 Å². The number of nitrogens with zero attached hydrogens (tertiary/aromatic N) is 4. The molecule has 86 heavy (non-hydrogen) atoms. The van der Waals surface area contributed by atoms with E-state index >= 15 is 0 Å². The standard InChI is InChI=1S/C72H76N6O8/c1-69(2,3)39-43-83-61-15-13-16-62(84-44-40-70(4,5)6)67(61)65-57-35-31-53(73-57)51(29-23-47-19-25-49(26-20-47)77(79)80)55-33-37-59(75-55)66(68-63(85-45-41-71(7,8)9)17-14-18-64(68)86-46-42-72(10,11)12)60-38-34-56(76-60)52(54-32-36-58(65)74-54)30-24-48-21-27-50(28-22-48)78(81)82/h13-22,25-28,31-38,73,76H,39-46H2,1-12H3. The van der Waals surface area contributed by atoms with Gasteiger partial charge in [0, 0.05) is 57.6 Å². The van der Waals surface area contributed by atoms with Crippen LogP contribution in [-0.4, -0.2) is 56.2 Å². The van der Waals surface area contributed by atoms with E-state index in [1.54, 1.807) is 24.3 Å². The summed E-state index contributed by atoms with van der Waals surface area (Å²) >= 11 is 0. The maximum atomic E-state index is 11.7. The number of H-pyrrole nitrogens is 2. The van der Waals surface area contributed by atoms with Crippen LogP contribution in [0.1, 0.15) is 154 Å². The minimum atomic E-state index is -0.429. The van der Waals surface area contributed by atoms with Crippen LogP contribution in [0.25, 0.3) is 68.6 Å².